The molecule has 0 amide bonds. The molecule has 1 aromatic heterocycles. The fourth-order valence-corrected chi connectivity index (χ4v) is 3.70. The maximum atomic E-state index is 11.2. The van der Waals surface area contributed by atoms with Gasteiger partial charge >= 0.3 is 0 Å². The molecule has 0 aliphatic carbocycles. The number of aldehydes is 1. The van der Waals surface area contributed by atoms with Gasteiger partial charge < -0.3 is 14.4 Å². The lowest BCUT2D eigenvalue weighted by atomic mass is 10.1. The van der Waals surface area contributed by atoms with Gasteiger partial charge in [-0.25, -0.2) is 4.98 Å². The van der Waals surface area contributed by atoms with Gasteiger partial charge in [0.25, 0.3) is 0 Å². The Kier molecular flexibility index (Phi) is 7.12. The molecule has 0 bridgehead atoms. The third kappa shape index (κ3) is 5.28. The van der Waals surface area contributed by atoms with E-state index in [1.54, 1.807) is 14.2 Å². The first-order chi connectivity index (χ1) is 14.0. The average molecular weight is 476 g/mol. The van der Waals surface area contributed by atoms with E-state index in [2.05, 4.69) is 25.8 Å². The van der Waals surface area contributed by atoms with Crippen molar-refractivity contribution < 1.29 is 14.3 Å². The summed E-state index contributed by atoms with van der Waals surface area (Å²) in [4.78, 5) is 17.8. The predicted octanol–water partition coefficient (Wildman–Crippen LogP) is 5.53. The zero-order valence-corrected chi connectivity index (χ0v) is 18.4. The number of hydrogen-bond donors (Lipinski definition) is 0. The first kappa shape index (κ1) is 21.1. The highest BCUT2D eigenvalue weighted by Crippen LogP contribution is 2.29. The second kappa shape index (κ2) is 9.76. The van der Waals surface area contributed by atoms with E-state index in [-0.39, 0.29) is 5.15 Å². The molecule has 0 fully saturated rings. The van der Waals surface area contributed by atoms with Crippen LogP contribution in [0.3, 0.4) is 0 Å². The summed E-state index contributed by atoms with van der Waals surface area (Å²) in [5.41, 5.74) is 2.52. The van der Waals surface area contributed by atoms with Gasteiger partial charge in [0, 0.05) is 17.6 Å². The van der Waals surface area contributed by atoms with Gasteiger partial charge in [-0.15, -0.1) is 0 Å². The first-order valence-electron chi connectivity index (χ1n) is 8.86. The summed E-state index contributed by atoms with van der Waals surface area (Å²) in [7, 11) is 3.28. The third-order valence-electron chi connectivity index (χ3n) is 4.45. The fraction of sp³-hybridized carbons (Fsp3) is 0.182. The van der Waals surface area contributed by atoms with Crippen LogP contribution in [0, 0.1) is 0 Å². The normalized spacial score (nSPS) is 10.5. The molecule has 0 unspecified atom stereocenters. The highest BCUT2D eigenvalue weighted by molar-refractivity contribution is 9.10. The number of carbonyl (C=O) groups excluding carboxylic acids is 1. The van der Waals surface area contributed by atoms with Crippen LogP contribution in [-0.4, -0.2) is 25.5 Å². The summed E-state index contributed by atoms with van der Waals surface area (Å²) >= 11 is 9.65. The first-order valence-corrected chi connectivity index (χ1v) is 10.0. The zero-order valence-electron chi connectivity index (χ0n) is 16.1. The minimum absolute atomic E-state index is 0.166. The molecule has 3 rings (SSSR count). The highest BCUT2D eigenvalue weighted by atomic mass is 79.9. The Morgan fingerprint density at radius 3 is 1.83 bits per heavy atom. The van der Waals surface area contributed by atoms with Crippen LogP contribution in [0.2, 0.25) is 5.15 Å². The van der Waals surface area contributed by atoms with Crippen LogP contribution in [0.4, 0.5) is 5.82 Å². The summed E-state index contributed by atoms with van der Waals surface area (Å²) in [6.45, 7) is 1.21. The van der Waals surface area contributed by atoms with Gasteiger partial charge in [-0.1, -0.05) is 35.9 Å². The number of halogens is 2. The van der Waals surface area contributed by atoms with Crippen LogP contribution in [0.5, 0.6) is 11.5 Å². The fourth-order valence-electron chi connectivity index (χ4n) is 2.87. The van der Waals surface area contributed by atoms with Gasteiger partial charge in [0.15, 0.2) is 6.29 Å². The van der Waals surface area contributed by atoms with E-state index in [1.807, 2.05) is 54.6 Å². The number of carbonyl (C=O) groups is 1. The molecular formula is C22H20BrClN2O3. The van der Waals surface area contributed by atoms with Crippen molar-refractivity contribution in [3.8, 4) is 11.5 Å². The average Bonchev–Trinajstić information content (AvgIpc) is 2.74. The van der Waals surface area contributed by atoms with Crippen LogP contribution in [0.25, 0.3) is 0 Å². The molecule has 0 aliphatic heterocycles. The van der Waals surface area contributed by atoms with Gasteiger partial charge in [0.1, 0.15) is 22.5 Å². The van der Waals surface area contributed by atoms with Crippen molar-refractivity contribution in [2.45, 2.75) is 13.1 Å². The van der Waals surface area contributed by atoms with E-state index in [9.17, 15) is 4.79 Å². The van der Waals surface area contributed by atoms with Gasteiger partial charge in [-0.3, -0.25) is 4.79 Å². The molecule has 0 aliphatic rings. The predicted molar refractivity (Wildman–Crippen MR) is 118 cm³/mol. The maximum absolute atomic E-state index is 11.2. The van der Waals surface area contributed by atoms with E-state index < -0.39 is 0 Å². The minimum Gasteiger partial charge on any atom is -0.497 e. The summed E-state index contributed by atoms with van der Waals surface area (Å²) < 4.78 is 11.1. The van der Waals surface area contributed by atoms with Crippen molar-refractivity contribution in [3.05, 3.63) is 80.9 Å². The van der Waals surface area contributed by atoms with Crippen molar-refractivity contribution in [1.82, 2.24) is 4.98 Å². The molecule has 1 heterocycles. The Bertz CT molecular complexity index is 906. The number of rotatable bonds is 8. The molecule has 150 valence electrons. The molecule has 3 aromatic rings. The molecule has 0 atom stereocenters. The molecular weight excluding hydrogens is 456 g/mol. The van der Waals surface area contributed by atoms with E-state index in [4.69, 9.17) is 21.1 Å². The Balaban J connectivity index is 1.94. The summed E-state index contributed by atoms with van der Waals surface area (Å²) in [6, 6.07) is 17.5. The molecule has 29 heavy (non-hydrogen) atoms. The van der Waals surface area contributed by atoms with Crippen molar-refractivity contribution in [1.29, 1.82) is 0 Å². The second-order valence-electron chi connectivity index (χ2n) is 6.34. The number of hydrogen-bond acceptors (Lipinski definition) is 5. The molecule has 0 spiro atoms. The number of pyridine rings is 1. The number of benzene rings is 2. The Morgan fingerprint density at radius 2 is 1.45 bits per heavy atom. The Morgan fingerprint density at radius 1 is 0.966 bits per heavy atom. The second-order valence-corrected chi connectivity index (χ2v) is 7.55. The van der Waals surface area contributed by atoms with Gasteiger partial charge in [0.2, 0.25) is 0 Å². The molecule has 2 aromatic carbocycles. The Hall–Kier alpha value is -2.57. The number of anilines is 1. The van der Waals surface area contributed by atoms with Crippen molar-refractivity contribution in [2.75, 3.05) is 19.1 Å². The maximum Gasteiger partial charge on any atom is 0.154 e. The summed E-state index contributed by atoms with van der Waals surface area (Å²) in [6.07, 6.45) is 0.695. The van der Waals surface area contributed by atoms with Gasteiger partial charge in [0.05, 0.1) is 19.8 Å². The summed E-state index contributed by atoms with van der Waals surface area (Å²) in [5.74, 6) is 2.27. The molecule has 5 nitrogen and oxygen atoms in total. The number of methoxy groups -OCH3 is 2. The standard InChI is InChI=1S/C22H20BrClN2O3/c1-28-17-7-3-15(4-8-17)12-26(13-16-5-9-18(29-2)10-6-16)21-11-20(23)19(14-27)22(24)25-21/h3-11,14H,12-13H2,1-2H3. The quantitative estimate of drug-likeness (QED) is 0.316. The minimum atomic E-state index is 0.166. The van der Waals surface area contributed by atoms with Crippen LogP contribution in [0.15, 0.2) is 59.1 Å². The topological polar surface area (TPSA) is 51.7 Å². The van der Waals surface area contributed by atoms with Crippen LogP contribution in [-0.2, 0) is 13.1 Å². The van der Waals surface area contributed by atoms with Crippen molar-refractivity contribution >= 4 is 39.6 Å². The number of nitrogens with zero attached hydrogens (tertiary/aromatic N) is 2. The van der Waals surface area contributed by atoms with Crippen LogP contribution in [0.1, 0.15) is 21.5 Å². The molecule has 0 radical (unpaired) electrons. The zero-order chi connectivity index (χ0) is 20.8. The van der Waals surface area contributed by atoms with Crippen LogP contribution >= 0.6 is 27.5 Å². The van der Waals surface area contributed by atoms with E-state index in [0.717, 1.165) is 22.6 Å². The highest BCUT2D eigenvalue weighted by Gasteiger charge is 2.15. The summed E-state index contributed by atoms with van der Waals surface area (Å²) in [5, 5.41) is 0.166. The third-order valence-corrected chi connectivity index (χ3v) is 5.40. The monoisotopic (exact) mass is 474 g/mol. The Labute approximate surface area is 183 Å². The van der Waals surface area contributed by atoms with E-state index >= 15 is 0 Å². The lowest BCUT2D eigenvalue weighted by molar-refractivity contribution is 0.112. The molecule has 0 saturated heterocycles. The lowest BCUT2D eigenvalue weighted by Crippen LogP contribution is -2.23. The largest absolute Gasteiger partial charge is 0.497 e. The lowest BCUT2D eigenvalue weighted by Gasteiger charge is -2.25. The van der Waals surface area contributed by atoms with Crippen molar-refractivity contribution in [2.24, 2.45) is 0 Å². The van der Waals surface area contributed by atoms with E-state index in [0.29, 0.717) is 35.2 Å². The SMILES string of the molecule is COc1ccc(CN(Cc2ccc(OC)cc2)c2cc(Br)c(C=O)c(Cl)n2)cc1. The van der Waals surface area contributed by atoms with Crippen molar-refractivity contribution in [3.63, 3.8) is 0 Å². The smallest absolute Gasteiger partial charge is 0.154 e. The number of ether oxygens (including phenoxy) is 2. The molecule has 0 N–H and O–H groups in total. The number of aromatic nitrogens is 1. The molecule has 7 heteroatoms. The van der Waals surface area contributed by atoms with Gasteiger partial charge in [-0.2, -0.15) is 0 Å². The van der Waals surface area contributed by atoms with E-state index in [1.165, 1.54) is 0 Å². The van der Waals surface area contributed by atoms with Gasteiger partial charge in [-0.05, 0) is 57.4 Å². The van der Waals surface area contributed by atoms with Crippen LogP contribution < -0.4 is 14.4 Å². The molecule has 0 saturated carbocycles.